The van der Waals surface area contributed by atoms with Gasteiger partial charge in [0.1, 0.15) is 0 Å². The second kappa shape index (κ2) is 7.20. The molecule has 0 aromatic rings. The van der Waals surface area contributed by atoms with Gasteiger partial charge in [-0.3, -0.25) is 4.57 Å². The monoisotopic (exact) mass is 171 g/mol. The van der Waals surface area contributed by atoms with Crippen LogP contribution in [0.2, 0.25) is 0 Å². The summed E-state index contributed by atoms with van der Waals surface area (Å²) in [5, 5.41) is 16.6. The average molecular weight is 171 g/mol. The average Bonchev–Trinajstić information content (AvgIpc) is 1.63. The molecule has 0 amide bonds. The van der Waals surface area contributed by atoms with E-state index < -0.39 is 15.3 Å². The van der Waals surface area contributed by atoms with E-state index in [-0.39, 0.29) is 6.29 Å². The first-order chi connectivity index (χ1) is 4.47. The third-order valence-electron chi connectivity index (χ3n) is 0.364. The number of rotatable bonds is 2. The minimum atomic E-state index is -3.78. The van der Waals surface area contributed by atoms with Crippen molar-refractivity contribution in [2.75, 3.05) is 13.3 Å². The summed E-state index contributed by atoms with van der Waals surface area (Å²) in [6.45, 7) is 0. The van der Waals surface area contributed by atoms with Crippen LogP contribution in [0.1, 0.15) is 0 Å². The Bertz CT molecular complexity index is 104. The van der Waals surface area contributed by atoms with Crippen molar-refractivity contribution < 1.29 is 24.4 Å². The van der Waals surface area contributed by atoms with Crippen LogP contribution in [-0.4, -0.2) is 40.9 Å². The highest BCUT2D eigenvalue weighted by Gasteiger charge is 2.08. The summed E-state index contributed by atoms with van der Waals surface area (Å²) in [6.07, 6.45) is -0.243. The van der Waals surface area contributed by atoms with Gasteiger partial charge in [0, 0.05) is 0 Å². The van der Waals surface area contributed by atoms with Crippen LogP contribution in [0.25, 0.3) is 0 Å². The van der Waals surface area contributed by atoms with E-state index in [1.165, 1.54) is 7.05 Å². The van der Waals surface area contributed by atoms with Crippen molar-refractivity contribution in [1.82, 2.24) is 5.32 Å². The van der Waals surface area contributed by atoms with Gasteiger partial charge in [-0.1, -0.05) is 0 Å². The van der Waals surface area contributed by atoms with E-state index >= 15 is 0 Å². The van der Waals surface area contributed by atoms with E-state index in [4.69, 9.17) is 19.8 Å². The quantitative estimate of drug-likeness (QED) is 0.233. The molecule has 0 fully saturated rings. The number of hydrogen-bond donors (Lipinski definition) is 5. The minimum Gasteiger partial charge on any atom is -0.430 e. The molecule has 0 saturated heterocycles. The lowest BCUT2D eigenvalue weighted by molar-refractivity contribution is 0.370. The van der Waals surface area contributed by atoms with E-state index in [9.17, 15) is 4.57 Å². The van der Waals surface area contributed by atoms with Crippen molar-refractivity contribution in [3.63, 3.8) is 0 Å². The molecule has 6 nitrogen and oxygen atoms in total. The molecule has 0 saturated carbocycles. The second-order valence-corrected chi connectivity index (χ2v) is 2.96. The molecule has 0 heterocycles. The van der Waals surface area contributed by atoms with Crippen molar-refractivity contribution >= 4 is 15.3 Å². The highest BCUT2D eigenvalue weighted by Crippen LogP contribution is 2.31. The summed E-state index contributed by atoms with van der Waals surface area (Å²) in [5.41, 5.74) is 0. The van der Waals surface area contributed by atoms with E-state index in [0.29, 0.717) is 0 Å². The molecule has 0 unspecified atom stereocenters. The Balaban J connectivity index is 0. The third-order valence-corrected chi connectivity index (χ3v) is 1.09. The highest BCUT2D eigenvalue weighted by atomic mass is 31.2. The summed E-state index contributed by atoms with van der Waals surface area (Å²) in [4.78, 5) is 16.1. The Morgan fingerprint density at radius 3 is 1.80 bits per heavy atom. The Labute approximate surface area is 59.4 Å². The zero-order valence-electron chi connectivity index (χ0n) is 5.56. The Kier molecular flexibility index (Phi) is 9.18. The van der Waals surface area contributed by atoms with Crippen LogP contribution in [0, 0.1) is 0 Å². The fourth-order valence-electron chi connectivity index (χ4n) is 0.206. The molecule has 10 heavy (non-hydrogen) atoms. The SMILES string of the molecule is CNCP(=O)(O)O.OBO. The molecule has 5 N–H and O–H groups in total. The topological polar surface area (TPSA) is 110 Å². The van der Waals surface area contributed by atoms with Gasteiger partial charge in [-0.05, 0) is 7.05 Å². The Morgan fingerprint density at radius 2 is 1.80 bits per heavy atom. The largest absolute Gasteiger partial charge is 0.432 e. The van der Waals surface area contributed by atoms with Crippen LogP contribution in [-0.2, 0) is 4.57 Å². The van der Waals surface area contributed by atoms with Crippen LogP contribution < -0.4 is 5.32 Å². The first kappa shape index (κ1) is 12.7. The van der Waals surface area contributed by atoms with Gasteiger partial charge >= 0.3 is 15.3 Å². The van der Waals surface area contributed by atoms with Crippen molar-refractivity contribution in [3.05, 3.63) is 0 Å². The summed E-state index contributed by atoms with van der Waals surface area (Å²) in [7, 11) is -3.04. The fourth-order valence-corrected chi connectivity index (χ4v) is 0.618. The van der Waals surface area contributed by atoms with Crippen molar-refractivity contribution in [1.29, 1.82) is 0 Å². The molecule has 0 aromatic heterocycles. The molecule has 0 radical (unpaired) electrons. The van der Waals surface area contributed by atoms with Gasteiger partial charge in [-0.25, -0.2) is 0 Å². The molecular formula is C2H11BNO5P. The molecule has 8 heteroatoms. The van der Waals surface area contributed by atoms with Crippen LogP contribution in [0.4, 0.5) is 0 Å². The van der Waals surface area contributed by atoms with E-state index in [1.807, 2.05) is 0 Å². The number of nitrogens with one attached hydrogen (secondary N) is 1. The molecule has 0 aliphatic carbocycles. The maximum Gasteiger partial charge on any atom is 0.432 e. The van der Waals surface area contributed by atoms with E-state index in [0.717, 1.165) is 0 Å². The van der Waals surface area contributed by atoms with Crippen molar-refractivity contribution in [3.8, 4) is 0 Å². The van der Waals surface area contributed by atoms with E-state index in [1.54, 1.807) is 0 Å². The predicted octanol–water partition coefficient (Wildman–Crippen LogP) is -2.42. The lowest BCUT2D eigenvalue weighted by Crippen LogP contribution is -2.07. The first-order valence-electron chi connectivity index (χ1n) is 2.38. The maximum atomic E-state index is 9.86. The van der Waals surface area contributed by atoms with E-state index in [2.05, 4.69) is 5.32 Å². The van der Waals surface area contributed by atoms with Crippen molar-refractivity contribution in [2.24, 2.45) is 0 Å². The third kappa shape index (κ3) is 24.3. The van der Waals surface area contributed by atoms with Gasteiger partial charge in [0.2, 0.25) is 0 Å². The molecule has 0 bridgehead atoms. The molecule has 0 rings (SSSR count). The maximum absolute atomic E-state index is 9.86. The fraction of sp³-hybridized carbons (Fsp3) is 1.00. The van der Waals surface area contributed by atoms with Gasteiger partial charge in [0.15, 0.2) is 0 Å². The first-order valence-corrected chi connectivity index (χ1v) is 4.18. The molecule has 0 aromatic carbocycles. The smallest absolute Gasteiger partial charge is 0.430 e. The van der Waals surface area contributed by atoms with Crippen LogP contribution in [0.3, 0.4) is 0 Å². The lowest BCUT2D eigenvalue weighted by Gasteiger charge is -1.98. The molecule has 0 aliphatic rings. The summed E-state index contributed by atoms with van der Waals surface area (Å²) < 4.78 is 9.86. The van der Waals surface area contributed by atoms with Crippen molar-refractivity contribution in [2.45, 2.75) is 0 Å². The highest BCUT2D eigenvalue weighted by molar-refractivity contribution is 7.51. The second-order valence-electron chi connectivity index (χ2n) is 1.32. The summed E-state index contributed by atoms with van der Waals surface area (Å²) >= 11 is 0. The Morgan fingerprint density at radius 1 is 1.50 bits per heavy atom. The zero-order valence-corrected chi connectivity index (χ0v) is 6.45. The van der Waals surface area contributed by atoms with Gasteiger partial charge in [-0.2, -0.15) is 0 Å². The molecule has 0 spiro atoms. The minimum absolute atomic E-state index is 0.243. The van der Waals surface area contributed by atoms with Gasteiger partial charge in [0.05, 0.1) is 6.29 Å². The van der Waals surface area contributed by atoms with Gasteiger partial charge < -0.3 is 25.2 Å². The van der Waals surface area contributed by atoms with Crippen LogP contribution in [0.5, 0.6) is 0 Å². The van der Waals surface area contributed by atoms with Crippen LogP contribution >= 0.6 is 7.60 Å². The van der Waals surface area contributed by atoms with Gasteiger partial charge in [-0.15, -0.1) is 0 Å². The summed E-state index contributed by atoms with van der Waals surface area (Å²) in [6, 6.07) is 0. The standard InChI is InChI=1S/C2H8NO3P.BH3O2/c1-3-2-7(4,5)6;2-1-3/h3H,2H2,1H3,(H2,4,5,6);1-3H. The zero-order chi connectivity index (χ0) is 8.62. The lowest BCUT2D eigenvalue weighted by atomic mass is 10.5. The number of hydrogen-bond acceptors (Lipinski definition) is 4. The molecular weight excluding hydrogens is 160 g/mol. The summed E-state index contributed by atoms with van der Waals surface area (Å²) in [5.74, 6) is 0. The Hall–Kier alpha value is 0.0949. The van der Waals surface area contributed by atoms with Gasteiger partial charge in [0.25, 0.3) is 0 Å². The molecule has 0 aliphatic heterocycles. The normalized spacial score (nSPS) is 9.70. The molecule has 62 valence electrons. The van der Waals surface area contributed by atoms with Crippen LogP contribution in [0.15, 0.2) is 0 Å². The molecule has 0 atom stereocenters. The predicted molar refractivity (Wildman–Crippen MR) is 37.6 cm³/mol.